The third-order valence-electron chi connectivity index (χ3n) is 5.08. The number of nitrogens with zero attached hydrogens (tertiary/aromatic N) is 2. The molecule has 1 saturated carbocycles. The first-order chi connectivity index (χ1) is 11.6. The van der Waals surface area contributed by atoms with Crippen molar-refractivity contribution in [2.45, 2.75) is 31.6 Å². The molecule has 2 aliphatic rings. The van der Waals surface area contributed by atoms with Crippen molar-refractivity contribution in [3.05, 3.63) is 34.3 Å². The van der Waals surface area contributed by atoms with E-state index in [2.05, 4.69) is 64.4 Å². The molecule has 3 rings (SSSR count). The minimum absolute atomic E-state index is 0. The highest BCUT2D eigenvalue weighted by atomic mass is 127. The Morgan fingerprint density at radius 2 is 2.16 bits per heavy atom. The summed E-state index contributed by atoms with van der Waals surface area (Å²) in [5.41, 5.74) is 1.62. The lowest BCUT2D eigenvalue weighted by Crippen LogP contribution is -2.42. The number of ether oxygens (including phenoxy) is 1. The van der Waals surface area contributed by atoms with Crippen LogP contribution in [0.15, 0.2) is 33.7 Å². The van der Waals surface area contributed by atoms with Crippen LogP contribution in [0.5, 0.6) is 0 Å². The Morgan fingerprint density at radius 3 is 2.76 bits per heavy atom. The molecule has 0 amide bonds. The normalized spacial score (nSPS) is 21.6. The standard InChI is InChI=1S/C19H28BrN3O.HI/c1-3-21-18(23(2)12-15-8-11-24-13-15)22-14-19(9-10-19)16-6-4-5-7-17(16)20;/h4-7,15H,3,8-14H2,1-2H3,(H,21,22);1H. The fraction of sp³-hybridized carbons (Fsp3) is 0.632. The van der Waals surface area contributed by atoms with Gasteiger partial charge in [-0.1, -0.05) is 34.1 Å². The molecule has 0 bridgehead atoms. The quantitative estimate of drug-likeness (QED) is 0.349. The first kappa shape index (κ1) is 21.0. The van der Waals surface area contributed by atoms with Gasteiger partial charge in [0.05, 0.1) is 13.2 Å². The fourth-order valence-electron chi connectivity index (χ4n) is 3.45. The molecule has 4 nitrogen and oxygen atoms in total. The van der Waals surface area contributed by atoms with Crippen molar-refractivity contribution in [1.82, 2.24) is 10.2 Å². The van der Waals surface area contributed by atoms with E-state index >= 15 is 0 Å². The number of aliphatic imine (C=N–C) groups is 1. The second-order valence-corrected chi connectivity index (χ2v) is 7.89. The Kier molecular flexibility index (Phi) is 8.01. The minimum Gasteiger partial charge on any atom is -0.381 e. The number of rotatable bonds is 6. The first-order valence-electron chi connectivity index (χ1n) is 8.97. The van der Waals surface area contributed by atoms with Gasteiger partial charge in [0.2, 0.25) is 0 Å². The van der Waals surface area contributed by atoms with Crippen molar-refractivity contribution in [2.75, 3.05) is 39.9 Å². The van der Waals surface area contributed by atoms with E-state index in [1.807, 2.05) is 0 Å². The number of guanidine groups is 1. The van der Waals surface area contributed by atoms with E-state index in [0.29, 0.717) is 5.92 Å². The summed E-state index contributed by atoms with van der Waals surface area (Å²) in [6.07, 6.45) is 3.60. The highest BCUT2D eigenvalue weighted by Crippen LogP contribution is 2.50. The van der Waals surface area contributed by atoms with Gasteiger partial charge < -0.3 is 15.0 Å². The van der Waals surface area contributed by atoms with Crippen molar-refractivity contribution in [3.63, 3.8) is 0 Å². The van der Waals surface area contributed by atoms with Gasteiger partial charge in [-0.2, -0.15) is 0 Å². The second-order valence-electron chi connectivity index (χ2n) is 7.04. The molecular weight excluding hydrogens is 493 g/mol. The molecule has 1 aromatic rings. The number of nitrogens with one attached hydrogen (secondary N) is 1. The molecule has 1 unspecified atom stereocenters. The van der Waals surface area contributed by atoms with E-state index in [0.717, 1.165) is 45.2 Å². The Bertz CT molecular complexity index is 586. The molecule has 1 aliphatic carbocycles. The lowest BCUT2D eigenvalue weighted by Gasteiger charge is -2.25. The Hall–Kier alpha value is -0.340. The van der Waals surface area contributed by atoms with Crippen molar-refractivity contribution >= 4 is 45.9 Å². The molecule has 1 aliphatic heterocycles. The van der Waals surface area contributed by atoms with E-state index in [1.165, 1.54) is 22.9 Å². The molecule has 1 heterocycles. The van der Waals surface area contributed by atoms with Gasteiger partial charge in [0.15, 0.2) is 5.96 Å². The van der Waals surface area contributed by atoms with Gasteiger partial charge in [-0.15, -0.1) is 24.0 Å². The van der Waals surface area contributed by atoms with Gasteiger partial charge in [-0.05, 0) is 37.8 Å². The monoisotopic (exact) mass is 521 g/mol. The molecule has 25 heavy (non-hydrogen) atoms. The molecule has 1 aromatic carbocycles. The van der Waals surface area contributed by atoms with Crippen LogP contribution >= 0.6 is 39.9 Å². The summed E-state index contributed by atoms with van der Waals surface area (Å²) >= 11 is 3.71. The third kappa shape index (κ3) is 5.32. The number of hydrogen-bond donors (Lipinski definition) is 1. The third-order valence-corrected chi connectivity index (χ3v) is 5.77. The maximum absolute atomic E-state index is 5.50. The van der Waals surface area contributed by atoms with E-state index in [9.17, 15) is 0 Å². The number of halogens is 2. The molecule has 1 N–H and O–H groups in total. The van der Waals surface area contributed by atoms with Gasteiger partial charge >= 0.3 is 0 Å². The Labute approximate surface area is 176 Å². The first-order valence-corrected chi connectivity index (χ1v) is 9.76. The van der Waals surface area contributed by atoms with Crippen molar-refractivity contribution in [3.8, 4) is 0 Å². The van der Waals surface area contributed by atoms with Crippen molar-refractivity contribution < 1.29 is 4.74 Å². The van der Waals surface area contributed by atoms with Crippen LogP contribution in [-0.4, -0.2) is 50.8 Å². The summed E-state index contributed by atoms with van der Waals surface area (Å²) in [6.45, 7) is 6.66. The zero-order valence-electron chi connectivity index (χ0n) is 15.1. The SMILES string of the molecule is CCNC(=NCC1(c2ccccc2Br)CC1)N(C)CC1CCOC1.I. The summed E-state index contributed by atoms with van der Waals surface area (Å²) in [7, 11) is 2.14. The van der Waals surface area contributed by atoms with Crippen LogP contribution in [0.2, 0.25) is 0 Å². The summed E-state index contributed by atoms with van der Waals surface area (Å²) in [5, 5.41) is 3.45. The zero-order valence-corrected chi connectivity index (χ0v) is 19.0. The molecule has 0 radical (unpaired) electrons. The molecule has 0 aromatic heterocycles. The Balaban J connectivity index is 0.00000225. The minimum atomic E-state index is 0. The largest absolute Gasteiger partial charge is 0.381 e. The number of benzene rings is 1. The highest BCUT2D eigenvalue weighted by Gasteiger charge is 2.45. The average molecular weight is 522 g/mol. The zero-order chi connectivity index (χ0) is 17.0. The van der Waals surface area contributed by atoms with E-state index < -0.39 is 0 Å². The molecule has 1 atom stereocenters. The second kappa shape index (κ2) is 9.55. The van der Waals surface area contributed by atoms with Crippen LogP contribution in [0.1, 0.15) is 31.7 Å². The topological polar surface area (TPSA) is 36.9 Å². The van der Waals surface area contributed by atoms with Gasteiger partial charge in [0.1, 0.15) is 0 Å². The lowest BCUT2D eigenvalue weighted by molar-refractivity contribution is 0.181. The molecule has 6 heteroatoms. The van der Waals surface area contributed by atoms with Crippen LogP contribution in [0.25, 0.3) is 0 Å². The van der Waals surface area contributed by atoms with Crippen LogP contribution < -0.4 is 5.32 Å². The molecule has 1 saturated heterocycles. The van der Waals surface area contributed by atoms with Gasteiger partial charge in [0.25, 0.3) is 0 Å². The summed E-state index contributed by atoms with van der Waals surface area (Å²) < 4.78 is 6.71. The molecule has 2 fully saturated rings. The summed E-state index contributed by atoms with van der Waals surface area (Å²) in [5.74, 6) is 1.64. The molecular formula is C19H29BrIN3O. The predicted octanol–water partition coefficient (Wildman–Crippen LogP) is 4.03. The van der Waals surface area contributed by atoms with Gasteiger partial charge in [-0.25, -0.2) is 0 Å². The van der Waals surface area contributed by atoms with Crippen molar-refractivity contribution in [2.24, 2.45) is 10.9 Å². The van der Waals surface area contributed by atoms with E-state index in [-0.39, 0.29) is 29.4 Å². The average Bonchev–Trinajstić information content (AvgIpc) is 3.19. The van der Waals surface area contributed by atoms with E-state index in [1.54, 1.807) is 0 Å². The van der Waals surface area contributed by atoms with Crippen molar-refractivity contribution in [1.29, 1.82) is 0 Å². The van der Waals surface area contributed by atoms with Crippen LogP contribution in [-0.2, 0) is 10.2 Å². The predicted molar refractivity (Wildman–Crippen MR) is 118 cm³/mol. The van der Waals surface area contributed by atoms with Crippen LogP contribution in [0.3, 0.4) is 0 Å². The van der Waals surface area contributed by atoms with Crippen LogP contribution in [0, 0.1) is 5.92 Å². The maximum Gasteiger partial charge on any atom is 0.193 e. The van der Waals surface area contributed by atoms with E-state index in [4.69, 9.17) is 9.73 Å². The maximum atomic E-state index is 5.50. The summed E-state index contributed by atoms with van der Waals surface area (Å²) in [4.78, 5) is 7.24. The lowest BCUT2D eigenvalue weighted by atomic mass is 9.96. The molecule has 140 valence electrons. The van der Waals surface area contributed by atoms with Gasteiger partial charge in [-0.3, -0.25) is 4.99 Å². The summed E-state index contributed by atoms with van der Waals surface area (Å²) in [6, 6.07) is 8.57. The Morgan fingerprint density at radius 1 is 1.40 bits per heavy atom. The van der Waals surface area contributed by atoms with Crippen LogP contribution in [0.4, 0.5) is 0 Å². The smallest absolute Gasteiger partial charge is 0.193 e. The van der Waals surface area contributed by atoms with Gasteiger partial charge in [0, 0.05) is 42.5 Å². The highest BCUT2D eigenvalue weighted by molar-refractivity contribution is 14.0. The fourth-order valence-corrected chi connectivity index (χ4v) is 4.16. The number of hydrogen-bond acceptors (Lipinski definition) is 2. The molecule has 0 spiro atoms.